The van der Waals surface area contributed by atoms with Crippen LogP contribution >= 0.6 is 0 Å². The Kier molecular flexibility index (Phi) is 11.1. The lowest BCUT2D eigenvalue weighted by molar-refractivity contribution is -0.146. The van der Waals surface area contributed by atoms with Gasteiger partial charge in [-0.15, -0.1) is 0 Å². The Morgan fingerprint density at radius 3 is 2.35 bits per heavy atom. The highest BCUT2D eigenvalue weighted by Gasteiger charge is 2.61. The molecule has 0 unspecified atom stereocenters. The summed E-state index contributed by atoms with van der Waals surface area (Å²) in [7, 11) is 0. The van der Waals surface area contributed by atoms with E-state index in [1.807, 2.05) is 63.2 Å². The maximum absolute atomic E-state index is 14.4. The van der Waals surface area contributed by atoms with Gasteiger partial charge in [0.25, 0.3) is 0 Å². The predicted octanol–water partition coefficient (Wildman–Crippen LogP) is 3.92. The molecule has 1 aliphatic heterocycles. The normalized spacial score (nSPS) is 25.4. The van der Waals surface area contributed by atoms with Crippen molar-refractivity contribution in [2.24, 2.45) is 17.8 Å². The summed E-state index contributed by atoms with van der Waals surface area (Å²) < 4.78 is 6.35. The molecule has 4 N–H and O–H groups in total. The van der Waals surface area contributed by atoms with E-state index in [0.29, 0.717) is 12.8 Å². The summed E-state index contributed by atoms with van der Waals surface area (Å²) >= 11 is 0. The molecule has 0 radical (unpaired) electrons. The fourth-order valence-electron chi connectivity index (χ4n) is 7.65. The number of carbonyl (C=O) groups is 5. The summed E-state index contributed by atoms with van der Waals surface area (Å²) in [6.07, 6.45) is 5.29. The van der Waals surface area contributed by atoms with Crippen molar-refractivity contribution in [1.82, 2.24) is 20.9 Å². The van der Waals surface area contributed by atoms with E-state index in [9.17, 15) is 29.1 Å². The first-order valence-corrected chi connectivity index (χ1v) is 17.5. The van der Waals surface area contributed by atoms with Gasteiger partial charge >= 0.3 is 5.97 Å². The van der Waals surface area contributed by atoms with Crippen molar-refractivity contribution in [3.63, 3.8) is 0 Å². The van der Waals surface area contributed by atoms with Crippen molar-refractivity contribution in [1.29, 1.82) is 0 Å². The number of likely N-dealkylation sites (tertiary alicyclic amines) is 1. The monoisotopic (exact) mass is 662 g/mol. The summed E-state index contributed by atoms with van der Waals surface area (Å²) in [6, 6.07) is 11.3. The van der Waals surface area contributed by atoms with Crippen molar-refractivity contribution < 1.29 is 33.8 Å². The lowest BCUT2D eigenvalue weighted by atomic mass is 9.83. The maximum Gasteiger partial charge on any atom is 0.329 e. The van der Waals surface area contributed by atoms with E-state index in [4.69, 9.17) is 4.74 Å². The second kappa shape index (κ2) is 15.1. The number of aliphatic carboxylic acids is 1. The van der Waals surface area contributed by atoms with E-state index in [1.54, 1.807) is 0 Å². The number of rotatable bonds is 13. The summed E-state index contributed by atoms with van der Waals surface area (Å²) in [6.45, 7) is 7.30. The van der Waals surface area contributed by atoms with E-state index in [0.717, 1.165) is 48.4 Å². The van der Waals surface area contributed by atoms with Crippen LogP contribution < -0.4 is 16.0 Å². The molecule has 6 atom stereocenters. The number of nitrogens with one attached hydrogen (secondary N) is 3. The Balaban J connectivity index is 1.36. The van der Waals surface area contributed by atoms with Gasteiger partial charge < -0.3 is 30.7 Å². The average molecular weight is 663 g/mol. The first kappa shape index (κ1) is 35.3. The van der Waals surface area contributed by atoms with Crippen LogP contribution in [0.15, 0.2) is 42.5 Å². The molecule has 4 amide bonds. The molecular formula is C37H50N4O7. The number of nitrogens with zero attached hydrogens (tertiary/aromatic N) is 1. The molecule has 1 heterocycles. The van der Waals surface area contributed by atoms with Crippen molar-refractivity contribution in [2.75, 3.05) is 6.54 Å². The molecule has 0 bridgehead atoms. The van der Waals surface area contributed by atoms with Crippen molar-refractivity contribution in [3.8, 4) is 0 Å². The zero-order valence-electron chi connectivity index (χ0n) is 28.5. The molecular weight excluding hydrogens is 612 g/mol. The topological polar surface area (TPSA) is 154 Å². The fourth-order valence-corrected chi connectivity index (χ4v) is 7.65. The van der Waals surface area contributed by atoms with Gasteiger partial charge in [0.1, 0.15) is 23.7 Å². The molecule has 3 aliphatic rings. The Morgan fingerprint density at radius 1 is 1.00 bits per heavy atom. The van der Waals surface area contributed by atoms with Crippen molar-refractivity contribution >= 4 is 40.4 Å². The molecule has 2 aromatic rings. The van der Waals surface area contributed by atoms with Gasteiger partial charge in [-0.05, 0) is 53.4 Å². The third-order valence-electron chi connectivity index (χ3n) is 10.5. The van der Waals surface area contributed by atoms with Crippen LogP contribution in [-0.2, 0) is 35.3 Å². The van der Waals surface area contributed by atoms with E-state index in [1.165, 1.54) is 11.8 Å². The molecule has 1 saturated heterocycles. The zero-order chi connectivity index (χ0) is 34.6. The Morgan fingerprint density at radius 2 is 1.71 bits per heavy atom. The zero-order valence-corrected chi connectivity index (χ0v) is 28.5. The number of carboxylic acids is 1. The molecule has 260 valence electrons. The van der Waals surface area contributed by atoms with E-state index < -0.39 is 53.5 Å². The van der Waals surface area contributed by atoms with Gasteiger partial charge in [-0.25, -0.2) is 4.79 Å². The first-order valence-electron chi connectivity index (χ1n) is 17.5. The van der Waals surface area contributed by atoms with Crippen molar-refractivity contribution in [2.45, 2.75) is 115 Å². The van der Waals surface area contributed by atoms with Gasteiger partial charge in [0.15, 0.2) is 0 Å². The summed E-state index contributed by atoms with van der Waals surface area (Å²) in [5.41, 5.74) is -0.369. The molecule has 48 heavy (non-hydrogen) atoms. The molecule has 11 heteroatoms. The molecule has 0 aromatic heterocycles. The van der Waals surface area contributed by atoms with E-state index in [-0.39, 0.29) is 43.2 Å². The number of benzene rings is 2. The lowest BCUT2D eigenvalue weighted by Crippen LogP contribution is -2.60. The third-order valence-corrected chi connectivity index (χ3v) is 10.5. The Bertz CT molecular complexity index is 1520. The van der Waals surface area contributed by atoms with Gasteiger partial charge in [-0.3, -0.25) is 19.2 Å². The number of hydrogen-bond donors (Lipinski definition) is 4. The minimum Gasteiger partial charge on any atom is -0.479 e. The van der Waals surface area contributed by atoms with Crippen LogP contribution in [0.4, 0.5) is 0 Å². The minimum absolute atomic E-state index is 0.0278. The van der Waals surface area contributed by atoms with Crippen LogP contribution in [0.5, 0.6) is 0 Å². The van der Waals surface area contributed by atoms with Crippen LogP contribution in [0.3, 0.4) is 0 Å². The smallest absolute Gasteiger partial charge is 0.329 e. The van der Waals surface area contributed by atoms with Gasteiger partial charge in [0.05, 0.1) is 12.7 Å². The summed E-state index contributed by atoms with van der Waals surface area (Å²) in [5, 5.41) is 20.7. The third kappa shape index (κ3) is 7.66. The minimum atomic E-state index is -1.35. The van der Waals surface area contributed by atoms with Crippen LogP contribution in [-0.4, -0.2) is 75.9 Å². The molecule has 2 aliphatic carbocycles. The number of ether oxygens (including phenoxy) is 1. The fraction of sp³-hybridized carbons (Fsp3) is 0.595. The van der Waals surface area contributed by atoms with E-state index >= 15 is 0 Å². The van der Waals surface area contributed by atoms with Crippen LogP contribution in [0.1, 0.15) is 84.6 Å². The largest absolute Gasteiger partial charge is 0.479 e. The summed E-state index contributed by atoms with van der Waals surface area (Å²) in [4.78, 5) is 67.7. The number of carboxylic acid groups (broad SMARTS) is 1. The molecule has 2 saturated carbocycles. The quantitative estimate of drug-likeness (QED) is 0.254. The van der Waals surface area contributed by atoms with Gasteiger partial charge in [0.2, 0.25) is 23.6 Å². The van der Waals surface area contributed by atoms with Crippen molar-refractivity contribution in [3.05, 3.63) is 48.0 Å². The number of amides is 4. The van der Waals surface area contributed by atoms with Gasteiger partial charge in [-0.1, -0.05) is 88.9 Å². The molecule has 0 spiro atoms. The van der Waals surface area contributed by atoms with Gasteiger partial charge in [0, 0.05) is 19.9 Å². The SMILES string of the molecule is CC[C@@H]1C[C@]1(NC(=O)[C@@H]1C[C@@H](OCc2cccc3ccccc23)CN1C(=O)[C@@H](NC(=O)[C@@H](NC(C)=O)C1CCCCC1)C(C)C)C(=O)O. The molecule has 5 rings (SSSR count). The first-order chi connectivity index (χ1) is 22.9. The van der Waals surface area contributed by atoms with Crippen LogP contribution in [0.25, 0.3) is 10.8 Å². The van der Waals surface area contributed by atoms with E-state index in [2.05, 4.69) is 16.0 Å². The second-order valence-electron chi connectivity index (χ2n) is 14.2. The summed E-state index contributed by atoms with van der Waals surface area (Å²) in [5.74, 6) is -3.33. The van der Waals surface area contributed by atoms with Gasteiger partial charge in [-0.2, -0.15) is 0 Å². The highest BCUT2D eigenvalue weighted by atomic mass is 16.5. The maximum atomic E-state index is 14.4. The second-order valence-corrected chi connectivity index (χ2v) is 14.2. The Hall–Kier alpha value is -3.99. The van der Waals surface area contributed by atoms with Crippen LogP contribution in [0, 0.1) is 17.8 Å². The van der Waals surface area contributed by atoms with Crippen LogP contribution in [0.2, 0.25) is 0 Å². The Labute approximate surface area is 282 Å². The standard InChI is InChI=1S/C37H50N4O7/c1-5-27-19-37(27,36(46)47)40-33(43)30-18-28(48-21-26-16-11-15-24-12-9-10-17-29(24)26)20-41(30)35(45)31(22(2)3)39-34(44)32(38-23(4)42)25-13-7-6-8-14-25/h9-12,15-17,22,25,27-28,30-32H,5-8,13-14,18-21H2,1-4H3,(H,38,42)(H,39,44)(H,40,43)(H,46,47)/t27-,28-,30+,31+,32+,37-/m1/s1. The lowest BCUT2D eigenvalue weighted by Gasteiger charge is -2.34. The number of carbonyl (C=O) groups excluding carboxylic acids is 4. The average Bonchev–Trinajstić information content (AvgIpc) is 3.63. The highest BCUT2D eigenvalue weighted by molar-refractivity contribution is 5.97. The predicted molar refractivity (Wildman–Crippen MR) is 180 cm³/mol. The number of fused-ring (bicyclic) bond motifs is 1. The molecule has 3 fully saturated rings. The molecule has 2 aromatic carbocycles. The highest BCUT2D eigenvalue weighted by Crippen LogP contribution is 2.46. The molecule has 11 nitrogen and oxygen atoms in total. The number of hydrogen-bond acceptors (Lipinski definition) is 6.